The van der Waals surface area contributed by atoms with E-state index in [0.29, 0.717) is 24.4 Å². The molecule has 0 bridgehead atoms. The summed E-state index contributed by atoms with van der Waals surface area (Å²) in [6, 6.07) is 6.92. The maximum atomic E-state index is 13.0. The van der Waals surface area contributed by atoms with E-state index in [2.05, 4.69) is 54.0 Å². The third-order valence-electron chi connectivity index (χ3n) is 6.51. The predicted octanol–water partition coefficient (Wildman–Crippen LogP) is 4.15. The zero-order valence-electron chi connectivity index (χ0n) is 16.7. The Bertz CT molecular complexity index is 785. The summed E-state index contributed by atoms with van der Waals surface area (Å²) >= 11 is 2.16. The third-order valence-corrected chi connectivity index (χ3v) is 7.18. The highest BCUT2D eigenvalue weighted by Gasteiger charge is 2.53. The van der Waals surface area contributed by atoms with Crippen molar-refractivity contribution in [1.82, 2.24) is 10.2 Å². The van der Waals surface area contributed by atoms with Gasteiger partial charge in [-0.05, 0) is 77.8 Å². The number of nitrogens with one attached hydrogen (secondary N) is 2. The first-order valence-electron chi connectivity index (χ1n) is 9.86. The SMILES string of the molecule is CCC(C)(C)C1CCC2(CC1)NC(=O)N(CC(=O)Nc1cccc(I)c1)C2=O. The highest BCUT2D eigenvalue weighted by molar-refractivity contribution is 14.1. The first-order chi connectivity index (χ1) is 13.2. The zero-order chi connectivity index (χ0) is 20.5. The summed E-state index contributed by atoms with van der Waals surface area (Å²) in [5, 5.41) is 5.65. The van der Waals surface area contributed by atoms with Crippen LogP contribution in [0, 0.1) is 14.9 Å². The van der Waals surface area contributed by atoms with Gasteiger partial charge < -0.3 is 10.6 Å². The van der Waals surface area contributed by atoms with Crippen molar-refractivity contribution in [2.75, 3.05) is 11.9 Å². The fraction of sp³-hybridized carbons (Fsp3) is 0.571. The number of anilines is 1. The van der Waals surface area contributed by atoms with E-state index in [0.717, 1.165) is 27.7 Å². The maximum Gasteiger partial charge on any atom is 0.325 e. The predicted molar refractivity (Wildman–Crippen MR) is 117 cm³/mol. The summed E-state index contributed by atoms with van der Waals surface area (Å²) in [4.78, 5) is 38.9. The minimum atomic E-state index is -0.834. The minimum Gasteiger partial charge on any atom is -0.324 e. The largest absolute Gasteiger partial charge is 0.325 e. The molecule has 1 saturated heterocycles. The van der Waals surface area contributed by atoms with Crippen LogP contribution in [0.3, 0.4) is 0 Å². The van der Waals surface area contributed by atoms with Crippen LogP contribution < -0.4 is 10.6 Å². The van der Waals surface area contributed by atoms with Crippen molar-refractivity contribution in [1.29, 1.82) is 0 Å². The summed E-state index contributed by atoms with van der Waals surface area (Å²) in [6.45, 7) is 6.47. The number of hydrogen-bond donors (Lipinski definition) is 2. The Morgan fingerprint density at radius 1 is 1.32 bits per heavy atom. The molecule has 0 radical (unpaired) electrons. The fourth-order valence-electron chi connectivity index (χ4n) is 4.25. The van der Waals surface area contributed by atoms with E-state index >= 15 is 0 Å². The first-order valence-corrected chi connectivity index (χ1v) is 10.9. The van der Waals surface area contributed by atoms with Gasteiger partial charge in [0.05, 0.1) is 0 Å². The summed E-state index contributed by atoms with van der Waals surface area (Å²) < 4.78 is 0.996. The van der Waals surface area contributed by atoms with E-state index in [9.17, 15) is 14.4 Å². The third kappa shape index (κ3) is 4.18. The first kappa shape index (κ1) is 21.1. The van der Waals surface area contributed by atoms with E-state index in [1.54, 1.807) is 6.07 Å². The van der Waals surface area contributed by atoms with Gasteiger partial charge in [0.1, 0.15) is 12.1 Å². The highest BCUT2D eigenvalue weighted by Crippen LogP contribution is 2.45. The molecule has 4 amide bonds. The zero-order valence-corrected chi connectivity index (χ0v) is 18.8. The normalized spacial score (nSPS) is 25.1. The van der Waals surface area contributed by atoms with Crippen molar-refractivity contribution in [3.8, 4) is 0 Å². The molecular weight excluding hydrogens is 469 g/mol. The summed E-state index contributed by atoms with van der Waals surface area (Å²) in [6.07, 6.45) is 4.20. The van der Waals surface area contributed by atoms with Crippen LogP contribution in [-0.4, -0.2) is 34.8 Å². The van der Waals surface area contributed by atoms with Gasteiger partial charge in [-0.15, -0.1) is 0 Å². The molecule has 1 aliphatic carbocycles. The molecule has 0 unspecified atom stereocenters. The monoisotopic (exact) mass is 497 g/mol. The second-order valence-electron chi connectivity index (χ2n) is 8.58. The smallest absolute Gasteiger partial charge is 0.324 e. The molecular formula is C21H28IN3O3. The van der Waals surface area contributed by atoms with Crippen LogP contribution in [-0.2, 0) is 9.59 Å². The van der Waals surface area contributed by atoms with Crippen LogP contribution in [0.15, 0.2) is 24.3 Å². The average Bonchev–Trinajstić information content (AvgIpc) is 2.86. The number of carbonyl (C=O) groups is 3. The standard InChI is InChI=1S/C21H28IN3O3/c1-4-20(2,3)14-8-10-21(11-9-14)18(27)25(19(28)24-21)13-17(26)23-16-7-5-6-15(22)12-16/h5-7,12,14H,4,8-11,13H2,1-3H3,(H,23,26)(H,24,28). The molecule has 1 aromatic carbocycles. The van der Waals surface area contributed by atoms with E-state index in [1.807, 2.05) is 18.2 Å². The molecule has 0 atom stereocenters. The lowest BCUT2D eigenvalue weighted by Gasteiger charge is -2.42. The van der Waals surface area contributed by atoms with E-state index in [-0.39, 0.29) is 23.8 Å². The van der Waals surface area contributed by atoms with Crippen molar-refractivity contribution < 1.29 is 14.4 Å². The van der Waals surface area contributed by atoms with Gasteiger partial charge in [-0.1, -0.05) is 33.3 Å². The lowest BCUT2D eigenvalue weighted by atomic mass is 9.65. The molecule has 0 aromatic heterocycles. The number of hydrogen-bond acceptors (Lipinski definition) is 3. The van der Waals surface area contributed by atoms with Crippen LogP contribution in [0.1, 0.15) is 52.9 Å². The summed E-state index contributed by atoms with van der Waals surface area (Å²) in [5.41, 5.74) is 0.0563. The Kier molecular flexibility index (Phi) is 6.03. The molecule has 7 heteroatoms. The van der Waals surface area contributed by atoms with Crippen molar-refractivity contribution in [3.63, 3.8) is 0 Å². The molecule has 1 heterocycles. The number of benzene rings is 1. The van der Waals surface area contributed by atoms with Crippen LogP contribution in [0.5, 0.6) is 0 Å². The van der Waals surface area contributed by atoms with Crippen molar-refractivity contribution >= 4 is 46.1 Å². The fourth-order valence-corrected chi connectivity index (χ4v) is 4.79. The molecule has 3 rings (SSSR count). The van der Waals surface area contributed by atoms with E-state index in [1.165, 1.54) is 0 Å². The molecule has 1 aromatic rings. The Morgan fingerprint density at radius 2 is 2.00 bits per heavy atom. The molecule has 152 valence electrons. The number of rotatable bonds is 5. The number of carbonyl (C=O) groups excluding carboxylic acids is 3. The van der Waals surface area contributed by atoms with Crippen molar-refractivity contribution in [2.24, 2.45) is 11.3 Å². The number of urea groups is 1. The molecule has 2 fully saturated rings. The van der Waals surface area contributed by atoms with Gasteiger partial charge in [0.2, 0.25) is 5.91 Å². The van der Waals surface area contributed by atoms with Gasteiger partial charge >= 0.3 is 6.03 Å². The molecule has 1 aliphatic heterocycles. The number of imide groups is 1. The molecule has 2 N–H and O–H groups in total. The molecule has 1 spiro atoms. The second kappa shape index (κ2) is 8.00. The summed E-state index contributed by atoms with van der Waals surface area (Å²) in [7, 11) is 0. The van der Waals surface area contributed by atoms with Gasteiger partial charge in [-0.2, -0.15) is 0 Å². The van der Waals surface area contributed by atoms with Crippen LogP contribution in [0.4, 0.5) is 10.5 Å². The number of nitrogens with zero attached hydrogens (tertiary/aromatic N) is 1. The van der Waals surface area contributed by atoms with Crippen LogP contribution in [0.25, 0.3) is 0 Å². The number of halogens is 1. The Labute approximate surface area is 179 Å². The Hall–Kier alpha value is -1.64. The number of amides is 4. The van der Waals surface area contributed by atoms with Gasteiger partial charge in [-0.25, -0.2) is 4.79 Å². The topological polar surface area (TPSA) is 78.5 Å². The van der Waals surface area contributed by atoms with Crippen molar-refractivity contribution in [2.45, 2.75) is 58.4 Å². The molecule has 2 aliphatic rings. The van der Waals surface area contributed by atoms with Crippen molar-refractivity contribution in [3.05, 3.63) is 27.8 Å². The van der Waals surface area contributed by atoms with Gasteiger partial charge in [-0.3, -0.25) is 14.5 Å². The lowest BCUT2D eigenvalue weighted by Crippen LogP contribution is -2.51. The van der Waals surface area contributed by atoms with Crippen LogP contribution in [0.2, 0.25) is 0 Å². The lowest BCUT2D eigenvalue weighted by molar-refractivity contribution is -0.135. The maximum absolute atomic E-state index is 13.0. The quantitative estimate of drug-likeness (QED) is 0.474. The average molecular weight is 497 g/mol. The second-order valence-corrected chi connectivity index (χ2v) is 9.82. The van der Waals surface area contributed by atoms with Gasteiger partial charge in [0.25, 0.3) is 5.91 Å². The molecule has 28 heavy (non-hydrogen) atoms. The molecule has 6 nitrogen and oxygen atoms in total. The van der Waals surface area contributed by atoms with E-state index < -0.39 is 11.6 Å². The highest BCUT2D eigenvalue weighted by atomic mass is 127. The molecule has 1 saturated carbocycles. The van der Waals surface area contributed by atoms with E-state index in [4.69, 9.17) is 0 Å². The van der Waals surface area contributed by atoms with Gasteiger partial charge in [0, 0.05) is 9.26 Å². The Balaban J connectivity index is 1.63. The summed E-state index contributed by atoms with van der Waals surface area (Å²) in [5.74, 6) is -0.0860. The minimum absolute atomic E-state index is 0.236. The van der Waals surface area contributed by atoms with Gasteiger partial charge in [0.15, 0.2) is 0 Å². The Morgan fingerprint density at radius 3 is 2.61 bits per heavy atom. The van der Waals surface area contributed by atoms with Crippen LogP contribution >= 0.6 is 22.6 Å².